The maximum Gasteiger partial charge on any atom is 0.338 e. The number of carbonyl (C=O) groups excluding carboxylic acids is 4. The van der Waals surface area contributed by atoms with Crippen LogP contribution in [0.1, 0.15) is 50.8 Å². The zero-order chi connectivity index (χ0) is 25.9. The molecule has 5 rings (SSSR count). The maximum atomic E-state index is 12.9. The van der Waals surface area contributed by atoms with E-state index in [2.05, 4.69) is 5.32 Å². The third-order valence-electron chi connectivity index (χ3n) is 6.54. The Hall–Kier alpha value is -4.30. The first-order valence-electron chi connectivity index (χ1n) is 12.2. The molecule has 1 fully saturated rings. The summed E-state index contributed by atoms with van der Waals surface area (Å²) in [4.78, 5) is 52.4. The van der Waals surface area contributed by atoms with E-state index in [-0.39, 0.29) is 29.3 Å². The van der Waals surface area contributed by atoms with Crippen LogP contribution in [0.2, 0.25) is 0 Å². The Morgan fingerprint density at radius 1 is 0.973 bits per heavy atom. The predicted octanol–water partition coefficient (Wildman–Crippen LogP) is 4.31. The summed E-state index contributed by atoms with van der Waals surface area (Å²) in [6, 6.07) is 21.2. The normalized spacial score (nSPS) is 17.4. The molecule has 2 atom stereocenters. The van der Waals surface area contributed by atoms with Crippen molar-refractivity contribution in [1.82, 2.24) is 4.90 Å². The smallest absolute Gasteiger partial charge is 0.338 e. The van der Waals surface area contributed by atoms with Crippen molar-refractivity contribution in [2.24, 2.45) is 0 Å². The molecule has 0 saturated carbocycles. The SMILES string of the molecule is CC(OC(=O)c1ccc2c(c1)C(=O)N(CC1CCCO1)C2=O)C(=O)Nc1ccccc1-c1ccccc1. The van der Waals surface area contributed by atoms with E-state index in [1.807, 2.05) is 48.5 Å². The zero-order valence-corrected chi connectivity index (χ0v) is 20.3. The van der Waals surface area contributed by atoms with Crippen molar-refractivity contribution < 1.29 is 28.7 Å². The first-order valence-corrected chi connectivity index (χ1v) is 12.2. The van der Waals surface area contributed by atoms with Gasteiger partial charge in [-0.25, -0.2) is 4.79 Å². The first kappa shape index (κ1) is 24.4. The molecule has 2 heterocycles. The van der Waals surface area contributed by atoms with Crippen LogP contribution >= 0.6 is 0 Å². The lowest BCUT2D eigenvalue weighted by Gasteiger charge is -2.17. The minimum absolute atomic E-state index is 0.0863. The molecule has 2 aliphatic rings. The van der Waals surface area contributed by atoms with Crippen molar-refractivity contribution in [3.05, 3.63) is 89.5 Å². The molecule has 0 spiro atoms. The third-order valence-corrected chi connectivity index (χ3v) is 6.54. The molecule has 2 aliphatic heterocycles. The Labute approximate surface area is 214 Å². The molecule has 1 saturated heterocycles. The lowest BCUT2D eigenvalue weighted by Crippen LogP contribution is -2.36. The molecule has 1 N–H and O–H groups in total. The van der Waals surface area contributed by atoms with Crippen LogP contribution in [0.15, 0.2) is 72.8 Å². The van der Waals surface area contributed by atoms with E-state index in [0.29, 0.717) is 12.3 Å². The van der Waals surface area contributed by atoms with E-state index in [1.165, 1.54) is 25.1 Å². The fraction of sp³-hybridized carbons (Fsp3) is 0.241. The molecule has 37 heavy (non-hydrogen) atoms. The summed E-state index contributed by atoms with van der Waals surface area (Å²) >= 11 is 0. The number of hydrogen-bond acceptors (Lipinski definition) is 6. The summed E-state index contributed by atoms with van der Waals surface area (Å²) in [5, 5.41) is 2.83. The highest BCUT2D eigenvalue weighted by Gasteiger charge is 2.38. The number of anilines is 1. The largest absolute Gasteiger partial charge is 0.449 e. The number of para-hydroxylation sites is 1. The first-order chi connectivity index (χ1) is 17.9. The molecular weight excluding hydrogens is 472 g/mol. The highest BCUT2D eigenvalue weighted by atomic mass is 16.5. The van der Waals surface area contributed by atoms with Crippen LogP contribution < -0.4 is 5.32 Å². The lowest BCUT2D eigenvalue weighted by atomic mass is 10.0. The number of amides is 3. The summed E-state index contributed by atoms with van der Waals surface area (Å²) < 4.78 is 10.9. The molecule has 0 aliphatic carbocycles. The average Bonchev–Trinajstić information content (AvgIpc) is 3.52. The van der Waals surface area contributed by atoms with Gasteiger partial charge in [0.1, 0.15) is 0 Å². The van der Waals surface area contributed by atoms with E-state index in [0.717, 1.165) is 28.9 Å². The van der Waals surface area contributed by atoms with Gasteiger partial charge >= 0.3 is 5.97 Å². The summed E-state index contributed by atoms with van der Waals surface area (Å²) in [5.74, 6) is -2.12. The second kappa shape index (κ2) is 10.4. The number of hydrogen-bond donors (Lipinski definition) is 1. The molecule has 0 aromatic heterocycles. The zero-order valence-electron chi connectivity index (χ0n) is 20.3. The fourth-order valence-corrected chi connectivity index (χ4v) is 4.55. The number of nitrogens with zero attached hydrogens (tertiary/aromatic N) is 1. The van der Waals surface area contributed by atoms with E-state index in [9.17, 15) is 19.2 Å². The third kappa shape index (κ3) is 5.01. The lowest BCUT2D eigenvalue weighted by molar-refractivity contribution is -0.123. The van der Waals surface area contributed by atoms with Crippen molar-refractivity contribution in [3.63, 3.8) is 0 Å². The van der Waals surface area contributed by atoms with Crippen LogP contribution in [0.4, 0.5) is 5.69 Å². The molecule has 188 valence electrons. The highest BCUT2D eigenvalue weighted by Crippen LogP contribution is 2.28. The Kier molecular flexibility index (Phi) is 6.83. The van der Waals surface area contributed by atoms with E-state index in [4.69, 9.17) is 9.47 Å². The van der Waals surface area contributed by atoms with Gasteiger partial charge in [0.05, 0.1) is 29.3 Å². The predicted molar refractivity (Wildman–Crippen MR) is 136 cm³/mol. The number of esters is 1. The molecule has 2 unspecified atom stereocenters. The van der Waals surface area contributed by atoms with Crippen LogP contribution in [0.5, 0.6) is 0 Å². The van der Waals surface area contributed by atoms with Gasteiger partial charge in [0.2, 0.25) is 0 Å². The number of rotatable bonds is 7. The van der Waals surface area contributed by atoms with Gasteiger partial charge in [-0.15, -0.1) is 0 Å². The number of ether oxygens (including phenoxy) is 2. The van der Waals surface area contributed by atoms with Crippen LogP contribution in [0.25, 0.3) is 11.1 Å². The summed E-state index contributed by atoms with van der Waals surface area (Å²) in [7, 11) is 0. The van der Waals surface area contributed by atoms with Gasteiger partial charge in [-0.05, 0) is 49.6 Å². The Morgan fingerprint density at radius 3 is 2.46 bits per heavy atom. The minimum atomic E-state index is -1.10. The van der Waals surface area contributed by atoms with Crippen molar-refractivity contribution >= 4 is 29.4 Å². The van der Waals surface area contributed by atoms with Gasteiger partial charge in [-0.2, -0.15) is 0 Å². The van der Waals surface area contributed by atoms with E-state index < -0.39 is 29.8 Å². The van der Waals surface area contributed by atoms with Crippen molar-refractivity contribution in [3.8, 4) is 11.1 Å². The molecule has 3 aromatic carbocycles. The van der Waals surface area contributed by atoms with Gasteiger partial charge in [0.15, 0.2) is 6.10 Å². The number of benzene rings is 3. The molecule has 0 bridgehead atoms. The topological polar surface area (TPSA) is 102 Å². The molecule has 0 radical (unpaired) electrons. The van der Waals surface area contributed by atoms with Crippen LogP contribution in [-0.4, -0.2) is 54.0 Å². The second-order valence-corrected chi connectivity index (χ2v) is 9.06. The van der Waals surface area contributed by atoms with E-state index in [1.54, 1.807) is 6.07 Å². The van der Waals surface area contributed by atoms with Crippen molar-refractivity contribution in [1.29, 1.82) is 0 Å². The maximum absolute atomic E-state index is 12.9. The number of imide groups is 1. The standard InChI is InChI=1S/C29H26N2O6/c1-18(26(32)30-25-12-6-5-11-22(25)19-8-3-2-4-9-19)37-29(35)20-13-14-23-24(16-20)28(34)31(27(23)33)17-21-10-7-15-36-21/h2-6,8-9,11-14,16,18,21H,7,10,15,17H2,1H3,(H,30,32). The van der Waals surface area contributed by atoms with Gasteiger partial charge in [-0.1, -0.05) is 48.5 Å². The van der Waals surface area contributed by atoms with Crippen LogP contribution in [0, 0.1) is 0 Å². The second-order valence-electron chi connectivity index (χ2n) is 9.06. The van der Waals surface area contributed by atoms with Gasteiger partial charge < -0.3 is 14.8 Å². The number of fused-ring (bicyclic) bond motifs is 1. The van der Waals surface area contributed by atoms with Crippen LogP contribution in [0.3, 0.4) is 0 Å². The molecule has 3 amide bonds. The van der Waals surface area contributed by atoms with Gasteiger partial charge in [0.25, 0.3) is 17.7 Å². The van der Waals surface area contributed by atoms with Crippen molar-refractivity contribution in [2.75, 3.05) is 18.5 Å². The summed E-state index contributed by atoms with van der Waals surface area (Å²) in [6.07, 6.45) is 0.421. The van der Waals surface area contributed by atoms with Gasteiger partial charge in [-0.3, -0.25) is 19.3 Å². The summed E-state index contributed by atoms with van der Waals surface area (Å²) in [6.45, 7) is 2.28. The molecular formula is C29H26N2O6. The minimum Gasteiger partial charge on any atom is -0.449 e. The number of carbonyl (C=O) groups is 4. The van der Waals surface area contributed by atoms with Crippen molar-refractivity contribution in [2.45, 2.75) is 32.0 Å². The van der Waals surface area contributed by atoms with Gasteiger partial charge in [0, 0.05) is 17.9 Å². The molecule has 3 aromatic rings. The summed E-state index contributed by atoms with van der Waals surface area (Å²) in [5.41, 5.74) is 2.84. The highest BCUT2D eigenvalue weighted by molar-refractivity contribution is 6.22. The Balaban J connectivity index is 1.26. The monoisotopic (exact) mass is 498 g/mol. The van der Waals surface area contributed by atoms with Crippen LogP contribution in [-0.2, 0) is 14.3 Å². The average molecular weight is 499 g/mol. The molecule has 8 heteroatoms. The fourth-order valence-electron chi connectivity index (χ4n) is 4.55. The molecule has 8 nitrogen and oxygen atoms in total. The van der Waals surface area contributed by atoms with E-state index >= 15 is 0 Å². The Bertz CT molecular complexity index is 1360. The quantitative estimate of drug-likeness (QED) is 0.385. The Morgan fingerprint density at radius 2 is 1.70 bits per heavy atom. The number of nitrogens with one attached hydrogen (secondary N) is 1.